The maximum atomic E-state index is 6.75. The Morgan fingerprint density at radius 1 is 0.500 bits per heavy atom. The van der Waals surface area contributed by atoms with Crippen LogP contribution in [0.4, 0.5) is 0 Å². The fraction of sp³-hybridized carbons (Fsp3) is 0.246. The second-order valence-electron chi connectivity index (χ2n) is 23.0. The molecule has 10 aromatic rings. The predicted molar refractivity (Wildman–Crippen MR) is 291 cm³/mol. The third-order valence-corrected chi connectivity index (χ3v) is 13.5. The minimum absolute atomic E-state index is 0. The first-order valence-corrected chi connectivity index (χ1v) is 24.7. The second kappa shape index (κ2) is 18.9. The standard InChI is InChI=1S/C65H63N5O.Pt/c1-62(2,3)45-29-32-57-56(38-45)55-31-30-52(41-58(55)70(57)59-39-46(33-34-66-59)63(4,5)6)71-51-26-19-25-49(40-51)69-42-68(50-36-47(64(7,8)9)35-48(37-50)65(10,11)12)61(67-69)60-53(43-21-15-13-16-22-43)27-20-28-54(60)44-23-17-14-18-24-44;/h13-39H,1-12H3;/q-2;. The first-order valence-electron chi connectivity index (χ1n) is 24.7. The van der Waals surface area contributed by atoms with E-state index in [0.29, 0.717) is 17.2 Å². The molecule has 10 rings (SSSR count). The van der Waals surface area contributed by atoms with E-state index in [4.69, 9.17) is 14.8 Å². The topological polar surface area (TPSA) is 48.8 Å². The summed E-state index contributed by atoms with van der Waals surface area (Å²) < 4.78 is 12.9. The zero-order chi connectivity index (χ0) is 50.0. The van der Waals surface area contributed by atoms with Gasteiger partial charge in [-0.05, 0) is 101 Å². The SMILES string of the molecule is CC(C)(C)c1cc(-[n+]2[c-]n(-c3[c-]c(Oc4[c-]c5c(cc4)c4cc(C(C)(C)C)ccc4n5-c4cc(C(C)(C)C)ccn4)ccc3)nc2-c2c(-c3ccccc3)cccc2-c2ccccc2)cc(C(C)(C)C)c1.[Pt]. The van der Waals surface area contributed by atoms with Crippen molar-refractivity contribution in [2.24, 2.45) is 0 Å². The fourth-order valence-electron chi connectivity index (χ4n) is 9.30. The molecule has 0 atom stereocenters. The smallest absolute Gasteiger partial charge is 0.233 e. The van der Waals surface area contributed by atoms with Crippen LogP contribution in [0.3, 0.4) is 0 Å². The van der Waals surface area contributed by atoms with Gasteiger partial charge in [0, 0.05) is 55.5 Å². The number of benzene rings is 7. The molecule has 7 aromatic carbocycles. The molecule has 3 aromatic heterocycles. The Morgan fingerprint density at radius 3 is 1.67 bits per heavy atom. The number of aromatic nitrogens is 5. The summed E-state index contributed by atoms with van der Waals surface area (Å²) in [4.78, 5) is 4.94. The Bertz CT molecular complexity index is 3510. The van der Waals surface area contributed by atoms with Gasteiger partial charge in [0.1, 0.15) is 5.82 Å². The van der Waals surface area contributed by atoms with Gasteiger partial charge < -0.3 is 13.9 Å². The van der Waals surface area contributed by atoms with Gasteiger partial charge in [0.15, 0.2) is 0 Å². The summed E-state index contributed by atoms with van der Waals surface area (Å²) in [5.74, 6) is 2.68. The summed E-state index contributed by atoms with van der Waals surface area (Å²) >= 11 is 0. The molecule has 72 heavy (non-hydrogen) atoms. The summed E-state index contributed by atoms with van der Waals surface area (Å²) in [6.45, 7) is 27.1. The molecule has 366 valence electrons. The summed E-state index contributed by atoms with van der Waals surface area (Å²) in [5.41, 5.74) is 13.6. The molecule has 0 N–H and O–H groups in total. The zero-order valence-electron chi connectivity index (χ0n) is 43.5. The number of rotatable bonds is 8. The minimum Gasteiger partial charge on any atom is -0.510 e. The number of nitrogens with zero attached hydrogens (tertiary/aromatic N) is 5. The van der Waals surface area contributed by atoms with Crippen LogP contribution in [0.25, 0.3) is 72.6 Å². The van der Waals surface area contributed by atoms with Gasteiger partial charge in [-0.25, -0.2) is 4.98 Å². The molecule has 0 aliphatic heterocycles. The van der Waals surface area contributed by atoms with Crippen LogP contribution in [0.5, 0.6) is 11.5 Å². The van der Waals surface area contributed by atoms with Gasteiger partial charge in [-0.1, -0.05) is 198 Å². The van der Waals surface area contributed by atoms with Gasteiger partial charge in [-0.2, -0.15) is 22.9 Å². The quantitative estimate of drug-likeness (QED) is 0.113. The molecule has 0 unspecified atom stereocenters. The van der Waals surface area contributed by atoms with Crippen LogP contribution in [0.1, 0.15) is 105 Å². The predicted octanol–water partition coefficient (Wildman–Crippen LogP) is 16.0. The molecule has 0 aliphatic carbocycles. The molecule has 0 saturated heterocycles. The maximum Gasteiger partial charge on any atom is 0.233 e. The van der Waals surface area contributed by atoms with Crippen molar-refractivity contribution < 1.29 is 30.4 Å². The number of pyridine rings is 1. The summed E-state index contributed by atoms with van der Waals surface area (Å²) in [6, 6.07) is 63.0. The van der Waals surface area contributed by atoms with Gasteiger partial charge in [0.05, 0.1) is 0 Å². The van der Waals surface area contributed by atoms with E-state index in [2.05, 4.69) is 244 Å². The van der Waals surface area contributed by atoms with Crippen LogP contribution in [0.15, 0.2) is 164 Å². The molecule has 7 heteroatoms. The number of fused-ring (bicyclic) bond motifs is 3. The molecule has 0 spiro atoms. The monoisotopic (exact) mass is 1120 g/mol. The van der Waals surface area contributed by atoms with Gasteiger partial charge in [-0.3, -0.25) is 0 Å². The minimum atomic E-state index is -0.111. The molecule has 3 heterocycles. The number of ether oxygens (including phenoxy) is 1. The molecule has 0 radical (unpaired) electrons. The first kappa shape index (κ1) is 50.1. The summed E-state index contributed by atoms with van der Waals surface area (Å²) in [6.07, 6.45) is 5.64. The first-order chi connectivity index (χ1) is 33.7. The Kier molecular flexibility index (Phi) is 13.2. The average Bonchev–Trinajstić information content (AvgIpc) is 3.93. The third kappa shape index (κ3) is 9.87. The molecule has 0 saturated carbocycles. The van der Waals surface area contributed by atoms with E-state index in [1.54, 1.807) is 0 Å². The van der Waals surface area contributed by atoms with E-state index in [9.17, 15) is 0 Å². The normalized spacial score (nSPS) is 12.3. The van der Waals surface area contributed by atoms with Gasteiger partial charge in [0.2, 0.25) is 12.2 Å². The molecule has 6 nitrogen and oxygen atoms in total. The van der Waals surface area contributed by atoms with Gasteiger partial charge in [0.25, 0.3) is 0 Å². The van der Waals surface area contributed by atoms with Gasteiger partial charge >= 0.3 is 0 Å². The van der Waals surface area contributed by atoms with Crippen molar-refractivity contribution in [3.63, 3.8) is 0 Å². The molecular formula is C65H63N5OPt-2. The van der Waals surface area contributed by atoms with Crippen LogP contribution >= 0.6 is 0 Å². The zero-order valence-corrected chi connectivity index (χ0v) is 45.8. The Morgan fingerprint density at radius 2 is 1.07 bits per heavy atom. The Balaban J connectivity index is 0.00000640. The molecule has 0 fully saturated rings. The molecule has 0 aliphatic rings. The largest absolute Gasteiger partial charge is 0.510 e. The molecule has 0 amide bonds. The van der Waals surface area contributed by atoms with Crippen LogP contribution in [0.2, 0.25) is 0 Å². The average molecular weight is 1130 g/mol. The summed E-state index contributed by atoms with van der Waals surface area (Å²) in [7, 11) is 0. The molecule has 0 bridgehead atoms. The molecular weight excluding hydrogens is 1060 g/mol. The van der Waals surface area contributed by atoms with Crippen LogP contribution < -0.4 is 9.30 Å². The second-order valence-corrected chi connectivity index (χ2v) is 23.0. The van der Waals surface area contributed by atoms with Gasteiger partial charge in [-0.15, -0.1) is 29.7 Å². The van der Waals surface area contributed by atoms with E-state index in [1.165, 1.54) is 22.3 Å². The van der Waals surface area contributed by atoms with E-state index in [1.807, 2.05) is 35.1 Å². The van der Waals surface area contributed by atoms with Crippen molar-refractivity contribution in [2.75, 3.05) is 0 Å². The summed E-state index contributed by atoms with van der Waals surface area (Å²) in [5, 5.41) is 7.74. The van der Waals surface area contributed by atoms with Crippen molar-refractivity contribution in [1.29, 1.82) is 0 Å². The third-order valence-electron chi connectivity index (χ3n) is 13.5. The Labute approximate surface area is 440 Å². The van der Waals surface area contributed by atoms with Crippen molar-refractivity contribution in [3.05, 3.63) is 205 Å². The van der Waals surface area contributed by atoms with E-state index in [0.717, 1.165) is 67.0 Å². The Hall–Kier alpha value is -6.88. The maximum absolute atomic E-state index is 6.75. The van der Waals surface area contributed by atoms with Crippen molar-refractivity contribution in [1.82, 2.24) is 19.3 Å². The van der Waals surface area contributed by atoms with Crippen molar-refractivity contribution in [2.45, 2.75) is 105 Å². The fourth-order valence-corrected chi connectivity index (χ4v) is 9.30. The van der Waals surface area contributed by atoms with Crippen molar-refractivity contribution in [3.8, 4) is 62.3 Å². The number of hydrogen-bond donors (Lipinski definition) is 0. The van der Waals surface area contributed by atoms with Crippen LogP contribution in [0, 0.1) is 18.5 Å². The van der Waals surface area contributed by atoms with E-state index < -0.39 is 0 Å². The van der Waals surface area contributed by atoms with E-state index >= 15 is 0 Å². The number of hydrogen-bond acceptors (Lipinski definition) is 3. The van der Waals surface area contributed by atoms with Crippen molar-refractivity contribution >= 4 is 21.8 Å². The van der Waals surface area contributed by atoms with Crippen LogP contribution in [-0.2, 0) is 42.7 Å². The van der Waals surface area contributed by atoms with E-state index in [-0.39, 0.29) is 42.7 Å². The van der Waals surface area contributed by atoms with Crippen LogP contribution in [-0.4, -0.2) is 19.3 Å².